The minimum Gasteiger partial charge on any atom is -0.265 e. The normalized spacial score (nSPS) is 12.7. The predicted molar refractivity (Wildman–Crippen MR) is 94.0 cm³/mol. The van der Waals surface area contributed by atoms with Crippen molar-refractivity contribution in [2.24, 2.45) is 0 Å². The van der Waals surface area contributed by atoms with E-state index in [1.807, 2.05) is 49.4 Å². The van der Waals surface area contributed by atoms with Crippen LogP contribution < -0.4 is 4.72 Å². The van der Waals surface area contributed by atoms with Crippen molar-refractivity contribution < 1.29 is 8.42 Å². The Bertz CT molecular complexity index is 854. The molecule has 4 nitrogen and oxygen atoms in total. The van der Waals surface area contributed by atoms with Crippen molar-refractivity contribution in [2.75, 3.05) is 0 Å². The summed E-state index contributed by atoms with van der Waals surface area (Å²) in [5.74, 6) is 0. The van der Waals surface area contributed by atoms with E-state index in [0.29, 0.717) is 0 Å². The fourth-order valence-corrected chi connectivity index (χ4v) is 3.68. The highest BCUT2D eigenvalue weighted by Crippen LogP contribution is 2.24. The standard InChI is InChI=1S/C19H18N2O2S/c1-15-7-9-18(10-8-15)24(22,23)21-19(16-5-3-2-4-6-16)17-11-13-20-14-12-17/h2-14,19,21H,1H3. The molecule has 1 atom stereocenters. The molecule has 0 bridgehead atoms. The smallest absolute Gasteiger partial charge is 0.241 e. The van der Waals surface area contributed by atoms with E-state index in [1.54, 1.807) is 36.7 Å². The molecule has 0 aliphatic heterocycles. The molecular weight excluding hydrogens is 320 g/mol. The van der Waals surface area contributed by atoms with Crippen LogP contribution in [0.5, 0.6) is 0 Å². The zero-order chi connectivity index (χ0) is 17.0. The first kappa shape index (κ1) is 16.4. The summed E-state index contributed by atoms with van der Waals surface area (Å²) in [5.41, 5.74) is 2.73. The molecule has 2 aromatic carbocycles. The van der Waals surface area contributed by atoms with Gasteiger partial charge in [-0.25, -0.2) is 8.42 Å². The average molecular weight is 338 g/mol. The number of aromatic nitrogens is 1. The first-order valence-electron chi connectivity index (χ1n) is 7.60. The summed E-state index contributed by atoms with van der Waals surface area (Å²) >= 11 is 0. The lowest BCUT2D eigenvalue weighted by Crippen LogP contribution is -2.29. The Labute approximate surface area is 142 Å². The molecule has 1 N–H and O–H groups in total. The number of nitrogens with zero attached hydrogens (tertiary/aromatic N) is 1. The van der Waals surface area contributed by atoms with Gasteiger partial charge in [-0.3, -0.25) is 4.98 Å². The molecule has 0 aliphatic rings. The summed E-state index contributed by atoms with van der Waals surface area (Å²) in [6, 6.07) is 19.5. The van der Waals surface area contributed by atoms with Crippen molar-refractivity contribution in [1.29, 1.82) is 0 Å². The second kappa shape index (κ2) is 6.95. The van der Waals surface area contributed by atoms with E-state index in [4.69, 9.17) is 0 Å². The lowest BCUT2D eigenvalue weighted by atomic mass is 10.0. The molecule has 0 spiro atoms. The molecule has 0 aliphatic carbocycles. The van der Waals surface area contributed by atoms with Gasteiger partial charge in [0.1, 0.15) is 0 Å². The number of nitrogens with one attached hydrogen (secondary N) is 1. The summed E-state index contributed by atoms with van der Waals surface area (Å²) in [5, 5.41) is 0. The Kier molecular flexibility index (Phi) is 4.74. The Morgan fingerprint density at radius 1 is 0.833 bits per heavy atom. The minimum absolute atomic E-state index is 0.253. The molecule has 24 heavy (non-hydrogen) atoms. The number of benzene rings is 2. The zero-order valence-corrected chi connectivity index (χ0v) is 14.1. The van der Waals surface area contributed by atoms with Crippen molar-refractivity contribution in [3.05, 3.63) is 95.8 Å². The fourth-order valence-electron chi connectivity index (χ4n) is 2.47. The van der Waals surface area contributed by atoms with E-state index >= 15 is 0 Å². The number of rotatable bonds is 5. The maximum absolute atomic E-state index is 12.8. The number of aryl methyl sites for hydroxylation is 1. The largest absolute Gasteiger partial charge is 0.265 e. The Hall–Kier alpha value is -2.50. The Morgan fingerprint density at radius 2 is 1.42 bits per heavy atom. The van der Waals surface area contributed by atoms with Crippen molar-refractivity contribution in [2.45, 2.75) is 17.9 Å². The van der Waals surface area contributed by atoms with Gasteiger partial charge in [0.15, 0.2) is 0 Å². The highest BCUT2D eigenvalue weighted by molar-refractivity contribution is 7.89. The summed E-state index contributed by atoms with van der Waals surface area (Å²) in [7, 11) is -3.64. The van der Waals surface area contributed by atoms with E-state index in [1.165, 1.54) is 0 Å². The highest BCUT2D eigenvalue weighted by atomic mass is 32.2. The molecular formula is C19H18N2O2S. The lowest BCUT2D eigenvalue weighted by molar-refractivity contribution is 0.572. The molecule has 0 amide bonds. The van der Waals surface area contributed by atoms with E-state index in [2.05, 4.69) is 9.71 Å². The maximum Gasteiger partial charge on any atom is 0.241 e. The SMILES string of the molecule is Cc1ccc(S(=O)(=O)NC(c2ccccc2)c2ccncc2)cc1. The second-order valence-corrected chi connectivity index (χ2v) is 7.27. The van der Waals surface area contributed by atoms with E-state index < -0.39 is 16.1 Å². The van der Waals surface area contributed by atoms with E-state index in [-0.39, 0.29) is 4.90 Å². The summed E-state index contributed by atoms with van der Waals surface area (Å²) < 4.78 is 28.4. The monoisotopic (exact) mass is 338 g/mol. The van der Waals surface area contributed by atoms with Crippen molar-refractivity contribution in [3.63, 3.8) is 0 Å². The zero-order valence-electron chi connectivity index (χ0n) is 13.3. The van der Waals surface area contributed by atoms with E-state index in [9.17, 15) is 8.42 Å². The van der Waals surface area contributed by atoms with Gasteiger partial charge in [-0.1, -0.05) is 48.0 Å². The van der Waals surface area contributed by atoms with Crippen LogP contribution in [-0.4, -0.2) is 13.4 Å². The molecule has 0 saturated carbocycles. The molecule has 0 fully saturated rings. The van der Waals surface area contributed by atoms with Crippen LogP contribution in [0.15, 0.2) is 84.0 Å². The van der Waals surface area contributed by atoms with Crippen LogP contribution in [0.4, 0.5) is 0 Å². The van der Waals surface area contributed by atoms with Gasteiger partial charge in [0.05, 0.1) is 10.9 Å². The first-order chi connectivity index (χ1) is 11.6. The van der Waals surface area contributed by atoms with Gasteiger partial charge < -0.3 is 0 Å². The topological polar surface area (TPSA) is 59.1 Å². The van der Waals surface area contributed by atoms with Gasteiger partial charge in [-0.2, -0.15) is 4.72 Å². The molecule has 3 aromatic rings. The summed E-state index contributed by atoms with van der Waals surface area (Å²) in [6.07, 6.45) is 3.32. The maximum atomic E-state index is 12.8. The third kappa shape index (κ3) is 3.69. The molecule has 122 valence electrons. The van der Waals surface area contributed by atoms with Crippen LogP contribution in [0.25, 0.3) is 0 Å². The van der Waals surface area contributed by atoms with Gasteiger partial charge in [0.25, 0.3) is 0 Å². The molecule has 1 aromatic heterocycles. The third-order valence-corrected chi connectivity index (χ3v) is 5.22. The molecule has 3 rings (SSSR count). The van der Waals surface area contributed by atoms with Gasteiger partial charge >= 0.3 is 0 Å². The first-order valence-corrected chi connectivity index (χ1v) is 9.08. The van der Waals surface area contributed by atoms with Crippen molar-refractivity contribution in [1.82, 2.24) is 9.71 Å². The van der Waals surface area contributed by atoms with Crippen LogP contribution in [0.3, 0.4) is 0 Å². The van der Waals surface area contributed by atoms with Crippen LogP contribution >= 0.6 is 0 Å². The van der Waals surface area contributed by atoms with Gasteiger partial charge in [0, 0.05) is 12.4 Å². The fraction of sp³-hybridized carbons (Fsp3) is 0.105. The van der Waals surface area contributed by atoms with Crippen LogP contribution in [-0.2, 0) is 10.0 Å². The third-order valence-electron chi connectivity index (χ3n) is 3.78. The van der Waals surface area contributed by atoms with Crippen LogP contribution in [0, 0.1) is 6.92 Å². The number of sulfonamides is 1. The van der Waals surface area contributed by atoms with Crippen molar-refractivity contribution in [3.8, 4) is 0 Å². The van der Waals surface area contributed by atoms with Crippen LogP contribution in [0.1, 0.15) is 22.7 Å². The minimum atomic E-state index is -3.64. The van der Waals surface area contributed by atoms with Crippen LogP contribution in [0.2, 0.25) is 0 Å². The predicted octanol–water partition coefficient (Wildman–Crippen LogP) is 3.46. The summed E-state index contributed by atoms with van der Waals surface area (Å²) in [6.45, 7) is 1.92. The quantitative estimate of drug-likeness (QED) is 0.775. The van der Waals surface area contributed by atoms with E-state index in [0.717, 1.165) is 16.7 Å². The lowest BCUT2D eigenvalue weighted by Gasteiger charge is -2.19. The molecule has 1 heterocycles. The van der Waals surface area contributed by atoms with Gasteiger partial charge in [-0.05, 0) is 42.3 Å². The Morgan fingerprint density at radius 3 is 2.04 bits per heavy atom. The molecule has 1 unspecified atom stereocenters. The Balaban J connectivity index is 1.99. The second-order valence-electron chi connectivity index (χ2n) is 5.56. The molecule has 0 radical (unpaired) electrons. The van der Waals surface area contributed by atoms with Crippen molar-refractivity contribution >= 4 is 10.0 Å². The highest BCUT2D eigenvalue weighted by Gasteiger charge is 2.22. The van der Waals surface area contributed by atoms with Gasteiger partial charge in [0.2, 0.25) is 10.0 Å². The number of pyridine rings is 1. The molecule has 0 saturated heterocycles. The van der Waals surface area contributed by atoms with Gasteiger partial charge in [-0.15, -0.1) is 0 Å². The average Bonchev–Trinajstić information content (AvgIpc) is 2.62. The summed E-state index contributed by atoms with van der Waals surface area (Å²) in [4.78, 5) is 4.26. The number of hydrogen-bond donors (Lipinski definition) is 1. The number of hydrogen-bond acceptors (Lipinski definition) is 3. The molecule has 5 heteroatoms.